The number of hydrogen-bond acceptors (Lipinski definition) is 4. The number of imidazole rings is 1. The van der Waals surface area contributed by atoms with Gasteiger partial charge in [-0.3, -0.25) is 0 Å². The highest BCUT2D eigenvalue weighted by atomic mass is 35.5. The SMILES string of the molecule is Cc1nc2c([nH]1)C(c1ccc(Cl)c(Cl)c1)C(C#N)=C(N)O2. The number of rotatable bonds is 1. The number of aromatic amines is 1. The van der Waals surface area contributed by atoms with Crippen LogP contribution in [0.5, 0.6) is 5.88 Å². The lowest BCUT2D eigenvalue weighted by Crippen LogP contribution is -2.21. The molecule has 3 rings (SSSR count). The first-order chi connectivity index (χ1) is 10.0. The molecule has 1 aromatic carbocycles. The van der Waals surface area contributed by atoms with Crippen molar-refractivity contribution in [2.75, 3.05) is 0 Å². The molecule has 1 unspecified atom stereocenters. The van der Waals surface area contributed by atoms with Crippen LogP contribution in [0, 0.1) is 18.3 Å². The van der Waals surface area contributed by atoms with Crippen molar-refractivity contribution >= 4 is 23.2 Å². The molecule has 21 heavy (non-hydrogen) atoms. The predicted molar refractivity (Wildman–Crippen MR) is 79.1 cm³/mol. The first-order valence-electron chi connectivity index (χ1n) is 6.10. The molecule has 7 heteroatoms. The number of nitriles is 1. The minimum Gasteiger partial charge on any atom is -0.420 e. The summed E-state index contributed by atoms with van der Waals surface area (Å²) in [6, 6.07) is 7.29. The fourth-order valence-electron chi connectivity index (χ4n) is 2.35. The van der Waals surface area contributed by atoms with Gasteiger partial charge in [0.1, 0.15) is 17.5 Å². The standard InChI is InChI=1S/C14H10Cl2N4O/c1-6-19-12-11(7-2-3-9(15)10(16)4-7)8(5-17)13(18)21-14(12)20-6/h2-4,11H,18H2,1H3,(H,19,20). The number of aryl methyl sites for hydroxylation is 1. The van der Waals surface area contributed by atoms with Gasteiger partial charge in [0.05, 0.1) is 21.7 Å². The highest BCUT2D eigenvalue weighted by Crippen LogP contribution is 2.41. The minimum atomic E-state index is -0.408. The second-order valence-corrected chi connectivity index (χ2v) is 5.45. The Morgan fingerprint density at radius 3 is 2.81 bits per heavy atom. The molecule has 0 radical (unpaired) electrons. The highest BCUT2D eigenvalue weighted by molar-refractivity contribution is 6.42. The van der Waals surface area contributed by atoms with Gasteiger partial charge in [-0.25, -0.2) is 0 Å². The quantitative estimate of drug-likeness (QED) is 0.844. The lowest BCUT2D eigenvalue weighted by Gasteiger charge is -2.22. The smallest absolute Gasteiger partial charge is 0.243 e. The number of fused-ring (bicyclic) bond motifs is 1. The molecule has 1 aromatic heterocycles. The molecule has 5 nitrogen and oxygen atoms in total. The van der Waals surface area contributed by atoms with Gasteiger partial charge in [0, 0.05) is 0 Å². The van der Waals surface area contributed by atoms with E-state index in [1.807, 2.05) is 0 Å². The van der Waals surface area contributed by atoms with E-state index in [2.05, 4.69) is 16.0 Å². The van der Waals surface area contributed by atoms with Gasteiger partial charge in [-0.2, -0.15) is 10.2 Å². The van der Waals surface area contributed by atoms with Gasteiger partial charge in [0.2, 0.25) is 11.8 Å². The van der Waals surface area contributed by atoms with Crippen molar-refractivity contribution in [2.24, 2.45) is 5.73 Å². The van der Waals surface area contributed by atoms with Gasteiger partial charge < -0.3 is 15.5 Å². The highest BCUT2D eigenvalue weighted by Gasteiger charge is 2.33. The van der Waals surface area contributed by atoms with E-state index in [-0.39, 0.29) is 5.88 Å². The number of nitrogens with two attached hydrogens (primary N) is 1. The van der Waals surface area contributed by atoms with Crippen LogP contribution in [0.1, 0.15) is 23.0 Å². The number of nitrogens with zero attached hydrogens (tertiary/aromatic N) is 2. The Balaban J connectivity index is 2.22. The van der Waals surface area contributed by atoms with Crippen LogP contribution in [0.4, 0.5) is 0 Å². The normalized spacial score (nSPS) is 17.1. The van der Waals surface area contributed by atoms with Crippen LogP contribution in [0.3, 0.4) is 0 Å². The molecule has 3 N–H and O–H groups in total. The number of halogens is 2. The van der Waals surface area contributed by atoms with Crippen molar-refractivity contribution in [3.63, 3.8) is 0 Å². The maximum atomic E-state index is 9.39. The van der Waals surface area contributed by atoms with E-state index >= 15 is 0 Å². The fourth-order valence-corrected chi connectivity index (χ4v) is 2.66. The molecule has 0 bridgehead atoms. The third-order valence-corrected chi connectivity index (χ3v) is 4.00. The van der Waals surface area contributed by atoms with Crippen LogP contribution in [-0.2, 0) is 0 Å². The van der Waals surface area contributed by atoms with E-state index in [0.29, 0.717) is 33.0 Å². The van der Waals surface area contributed by atoms with Crippen molar-refractivity contribution in [2.45, 2.75) is 12.8 Å². The van der Waals surface area contributed by atoms with Crippen LogP contribution in [0.2, 0.25) is 10.0 Å². The maximum absolute atomic E-state index is 9.39. The Morgan fingerprint density at radius 2 is 2.14 bits per heavy atom. The first kappa shape index (κ1) is 13.8. The van der Waals surface area contributed by atoms with E-state index in [9.17, 15) is 5.26 Å². The van der Waals surface area contributed by atoms with E-state index < -0.39 is 5.92 Å². The zero-order valence-corrected chi connectivity index (χ0v) is 12.5. The molecule has 1 aliphatic rings. The number of aromatic nitrogens is 2. The van der Waals surface area contributed by atoms with Crippen LogP contribution in [0.15, 0.2) is 29.7 Å². The summed E-state index contributed by atoms with van der Waals surface area (Å²) in [6.07, 6.45) is 0. The van der Waals surface area contributed by atoms with E-state index in [0.717, 1.165) is 5.56 Å². The van der Waals surface area contributed by atoms with Crippen molar-refractivity contribution in [1.29, 1.82) is 5.26 Å². The molecule has 0 saturated heterocycles. The largest absolute Gasteiger partial charge is 0.420 e. The Bertz CT molecular complexity index is 804. The second-order valence-electron chi connectivity index (χ2n) is 4.64. The average molecular weight is 321 g/mol. The Labute approximate surface area is 130 Å². The van der Waals surface area contributed by atoms with Gasteiger partial charge in [0.25, 0.3) is 0 Å². The molecule has 0 amide bonds. The van der Waals surface area contributed by atoms with E-state index in [1.165, 1.54) is 0 Å². The van der Waals surface area contributed by atoms with Gasteiger partial charge >= 0.3 is 0 Å². The molecular weight excluding hydrogens is 311 g/mol. The fraction of sp³-hybridized carbons (Fsp3) is 0.143. The summed E-state index contributed by atoms with van der Waals surface area (Å²) in [7, 11) is 0. The summed E-state index contributed by atoms with van der Waals surface area (Å²) in [5, 5.41) is 10.2. The number of ether oxygens (including phenoxy) is 1. The molecule has 1 atom stereocenters. The summed E-state index contributed by atoms with van der Waals surface area (Å²) in [4.78, 5) is 7.34. The van der Waals surface area contributed by atoms with Crippen LogP contribution >= 0.6 is 23.2 Å². The Morgan fingerprint density at radius 1 is 1.38 bits per heavy atom. The van der Waals surface area contributed by atoms with Gasteiger partial charge in [0.15, 0.2) is 0 Å². The number of benzene rings is 1. The first-order valence-corrected chi connectivity index (χ1v) is 6.86. The lowest BCUT2D eigenvalue weighted by molar-refractivity contribution is 0.379. The summed E-state index contributed by atoms with van der Waals surface area (Å²) < 4.78 is 5.40. The molecule has 2 aromatic rings. The van der Waals surface area contributed by atoms with E-state index in [1.54, 1.807) is 25.1 Å². The Kier molecular flexibility index (Phi) is 3.28. The second kappa shape index (κ2) is 4.99. The van der Waals surface area contributed by atoms with Crippen LogP contribution in [-0.4, -0.2) is 9.97 Å². The molecule has 1 aliphatic heterocycles. The van der Waals surface area contributed by atoms with Crippen molar-refractivity contribution < 1.29 is 4.74 Å². The average Bonchev–Trinajstić information content (AvgIpc) is 2.80. The van der Waals surface area contributed by atoms with Crippen LogP contribution in [0.25, 0.3) is 0 Å². The summed E-state index contributed by atoms with van der Waals surface area (Å²) >= 11 is 12.0. The molecule has 0 fully saturated rings. The number of allylic oxidation sites excluding steroid dienone is 1. The van der Waals surface area contributed by atoms with Crippen molar-refractivity contribution in [3.8, 4) is 11.9 Å². The van der Waals surface area contributed by atoms with Crippen LogP contribution < -0.4 is 10.5 Å². The number of H-pyrrole nitrogens is 1. The third-order valence-electron chi connectivity index (χ3n) is 3.26. The molecule has 106 valence electrons. The number of hydrogen-bond donors (Lipinski definition) is 2. The van der Waals surface area contributed by atoms with E-state index in [4.69, 9.17) is 33.7 Å². The lowest BCUT2D eigenvalue weighted by atomic mass is 9.88. The summed E-state index contributed by atoms with van der Waals surface area (Å²) in [6.45, 7) is 1.80. The number of nitrogens with one attached hydrogen (secondary N) is 1. The maximum Gasteiger partial charge on any atom is 0.243 e. The van der Waals surface area contributed by atoms with Crippen molar-refractivity contribution in [3.05, 3.63) is 56.8 Å². The van der Waals surface area contributed by atoms with Gasteiger partial charge in [-0.05, 0) is 24.6 Å². The summed E-state index contributed by atoms with van der Waals surface area (Å²) in [5.41, 5.74) is 7.61. The minimum absolute atomic E-state index is 0.0487. The van der Waals surface area contributed by atoms with Gasteiger partial charge in [-0.1, -0.05) is 29.3 Å². The monoisotopic (exact) mass is 320 g/mol. The molecule has 0 spiro atoms. The predicted octanol–water partition coefficient (Wildman–Crippen LogP) is 3.24. The zero-order valence-electron chi connectivity index (χ0n) is 10.9. The molecule has 0 aliphatic carbocycles. The Hall–Kier alpha value is -2.16. The molecular formula is C14H10Cl2N4O. The zero-order chi connectivity index (χ0) is 15.1. The van der Waals surface area contributed by atoms with Crippen molar-refractivity contribution in [1.82, 2.24) is 9.97 Å². The molecule has 2 heterocycles. The van der Waals surface area contributed by atoms with Gasteiger partial charge in [-0.15, -0.1) is 0 Å². The molecule has 0 saturated carbocycles. The summed E-state index contributed by atoms with van der Waals surface area (Å²) in [5.74, 6) is 0.694. The third kappa shape index (κ3) is 2.23. The topological polar surface area (TPSA) is 87.7 Å².